The van der Waals surface area contributed by atoms with Crippen molar-refractivity contribution in [3.05, 3.63) is 132 Å². The van der Waals surface area contributed by atoms with Crippen molar-refractivity contribution in [1.82, 2.24) is 0 Å². The van der Waals surface area contributed by atoms with Crippen LogP contribution in [0.15, 0.2) is 115 Å². The zero-order valence-corrected chi connectivity index (χ0v) is 24.5. The van der Waals surface area contributed by atoms with Crippen LogP contribution in [0.4, 0.5) is 0 Å². The first-order chi connectivity index (χ1) is 21.1. The SMILES string of the molecule is Cc1ccc(-c2ccc3c(C)c4c(c(C)c3c2)c2c3cccc5cccc(c53)c2c2c3cccc5cccc(c53)c42)cc1. The van der Waals surface area contributed by atoms with E-state index < -0.39 is 0 Å². The molecule has 0 heteroatoms. The minimum absolute atomic E-state index is 1.27. The van der Waals surface area contributed by atoms with Crippen LogP contribution in [-0.4, -0.2) is 0 Å². The zero-order valence-electron chi connectivity index (χ0n) is 24.5. The van der Waals surface area contributed by atoms with E-state index in [9.17, 15) is 0 Å². The lowest BCUT2D eigenvalue weighted by Crippen LogP contribution is -1.91. The Morgan fingerprint density at radius 2 is 0.721 bits per heavy atom. The molecule has 0 unspecified atom stereocenters. The summed E-state index contributed by atoms with van der Waals surface area (Å²) in [5, 5.41) is 22.1. The van der Waals surface area contributed by atoms with Crippen LogP contribution >= 0.6 is 0 Å². The lowest BCUT2D eigenvalue weighted by molar-refractivity contribution is 1.47. The topological polar surface area (TPSA) is 0 Å². The molecule has 0 fully saturated rings. The summed E-state index contributed by atoms with van der Waals surface area (Å²) in [4.78, 5) is 0. The fourth-order valence-electron chi connectivity index (χ4n) is 8.47. The molecule has 0 bridgehead atoms. The molecule has 0 amide bonds. The highest BCUT2D eigenvalue weighted by molar-refractivity contribution is 6.51. The predicted octanol–water partition coefficient (Wildman–Crippen LogP) is 12.4. The summed E-state index contributed by atoms with van der Waals surface area (Å²) in [6.45, 7) is 6.87. The van der Waals surface area contributed by atoms with Crippen molar-refractivity contribution in [2.24, 2.45) is 0 Å². The molecular formula is C43H28. The summed E-state index contributed by atoms with van der Waals surface area (Å²) in [6, 6.07) is 43.5. The second-order valence-corrected chi connectivity index (χ2v) is 12.5. The van der Waals surface area contributed by atoms with Gasteiger partial charge in [0, 0.05) is 0 Å². The van der Waals surface area contributed by atoms with Gasteiger partial charge < -0.3 is 0 Å². The maximum Gasteiger partial charge on any atom is -0.000708 e. The summed E-state index contributed by atoms with van der Waals surface area (Å²) in [5.41, 5.74) is 6.57. The number of aryl methyl sites for hydroxylation is 3. The molecule has 0 spiro atoms. The van der Waals surface area contributed by atoms with E-state index in [2.05, 4.69) is 136 Å². The molecule has 0 heterocycles. The van der Waals surface area contributed by atoms with Crippen molar-refractivity contribution in [1.29, 1.82) is 0 Å². The lowest BCUT2D eigenvalue weighted by atomic mass is 9.86. The highest BCUT2D eigenvalue weighted by atomic mass is 14.3. The Morgan fingerprint density at radius 3 is 1.21 bits per heavy atom. The molecule has 10 aromatic carbocycles. The number of rotatable bonds is 1. The Kier molecular flexibility index (Phi) is 4.35. The van der Waals surface area contributed by atoms with Gasteiger partial charge in [0.2, 0.25) is 0 Å². The van der Waals surface area contributed by atoms with Crippen LogP contribution in [0, 0.1) is 20.8 Å². The van der Waals surface area contributed by atoms with E-state index in [1.807, 2.05) is 0 Å². The van der Waals surface area contributed by atoms with Gasteiger partial charge in [-0.05, 0) is 135 Å². The fraction of sp³-hybridized carbons (Fsp3) is 0.0698. The Labute approximate surface area is 249 Å². The third kappa shape index (κ3) is 2.82. The predicted molar refractivity (Wildman–Crippen MR) is 189 cm³/mol. The molecule has 0 aliphatic carbocycles. The monoisotopic (exact) mass is 544 g/mol. The molecule has 10 rings (SSSR count). The maximum absolute atomic E-state index is 2.43. The molecule has 200 valence electrons. The standard InChI is InChI=1S/C43H28/c1-23-16-18-26(19-17-23)29-20-21-30-24(2)36-37(25(3)35(30)22-29)41-32-13-5-9-28-11-7-15-34(39(28)32)43(41)42-33-14-6-10-27-8-4-12-31(38(27)33)40(36)42/h4-22H,1-3H3. The van der Waals surface area contributed by atoms with Crippen LogP contribution in [0.1, 0.15) is 16.7 Å². The first kappa shape index (κ1) is 23.4. The third-order valence-electron chi connectivity index (χ3n) is 10.3. The number of fused-ring (bicyclic) bond motifs is 11. The van der Waals surface area contributed by atoms with Crippen molar-refractivity contribution in [3.8, 4) is 11.1 Å². The van der Waals surface area contributed by atoms with Gasteiger partial charge >= 0.3 is 0 Å². The average Bonchev–Trinajstić information content (AvgIpc) is 3.55. The summed E-state index contributed by atoms with van der Waals surface area (Å²) >= 11 is 0. The van der Waals surface area contributed by atoms with Crippen molar-refractivity contribution < 1.29 is 0 Å². The molecule has 0 nitrogen and oxygen atoms in total. The van der Waals surface area contributed by atoms with Crippen LogP contribution in [0.3, 0.4) is 0 Å². The Bertz CT molecular complexity index is 2770. The van der Waals surface area contributed by atoms with Gasteiger partial charge in [0.1, 0.15) is 0 Å². The Balaban J connectivity index is 1.54. The van der Waals surface area contributed by atoms with Gasteiger partial charge in [-0.25, -0.2) is 0 Å². The van der Waals surface area contributed by atoms with Crippen molar-refractivity contribution in [2.75, 3.05) is 0 Å². The smallest absolute Gasteiger partial charge is 0.000708 e. The molecule has 0 radical (unpaired) electrons. The van der Waals surface area contributed by atoms with E-state index in [0.29, 0.717) is 0 Å². The van der Waals surface area contributed by atoms with Crippen LogP contribution in [0.25, 0.3) is 97.3 Å². The first-order valence-electron chi connectivity index (χ1n) is 15.3. The average molecular weight is 545 g/mol. The minimum Gasteiger partial charge on any atom is -0.0610 e. The molecule has 0 N–H and O–H groups in total. The molecule has 0 atom stereocenters. The van der Waals surface area contributed by atoms with Gasteiger partial charge in [-0.2, -0.15) is 0 Å². The quantitative estimate of drug-likeness (QED) is 0.180. The van der Waals surface area contributed by atoms with Crippen LogP contribution in [-0.2, 0) is 0 Å². The van der Waals surface area contributed by atoms with E-state index in [0.717, 1.165) is 0 Å². The van der Waals surface area contributed by atoms with E-state index in [1.54, 1.807) is 0 Å². The van der Waals surface area contributed by atoms with Gasteiger partial charge in [0.25, 0.3) is 0 Å². The van der Waals surface area contributed by atoms with Crippen molar-refractivity contribution >= 4 is 86.2 Å². The number of hydrogen-bond donors (Lipinski definition) is 0. The first-order valence-corrected chi connectivity index (χ1v) is 15.3. The van der Waals surface area contributed by atoms with Gasteiger partial charge in [0.15, 0.2) is 0 Å². The highest BCUT2D eigenvalue weighted by Crippen LogP contribution is 2.53. The van der Waals surface area contributed by atoms with Gasteiger partial charge in [0.05, 0.1) is 0 Å². The summed E-state index contributed by atoms with van der Waals surface area (Å²) in [5.74, 6) is 0. The molecule has 10 aromatic rings. The Morgan fingerprint density at radius 1 is 0.302 bits per heavy atom. The highest BCUT2D eigenvalue weighted by Gasteiger charge is 2.25. The van der Waals surface area contributed by atoms with Crippen LogP contribution in [0.2, 0.25) is 0 Å². The summed E-state index contributed by atoms with van der Waals surface area (Å²) in [7, 11) is 0. The zero-order chi connectivity index (χ0) is 28.6. The molecule has 0 aliphatic heterocycles. The largest absolute Gasteiger partial charge is 0.0610 e. The minimum atomic E-state index is 1.27. The van der Waals surface area contributed by atoms with Crippen molar-refractivity contribution in [3.63, 3.8) is 0 Å². The fourth-order valence-corrected chi connectivity index (χ4v) is 8.47. The van der Waals surface area contributed by atoms with Gasteiger partial charge in [-0.3, -0.25) is 0 Å². The van der Waals surface area contributed by atoms with E-state index in [4.69, 9.17) is 0 Å². The number of benzene rings is 8. The maximum atomic E-state index is 2.43. The molecule has 43 heavy (non-hydrogen) atoms. The molecular weight excluding hydrogens is 516 g/mol. The van der Waals surface area contributed by atoms with Crippen LogP contribution in [0.5, 0.6) is 0 Å². The van der Waals surface area contributed by atoms with E-state index in [1.165, 1.54) is 114 Å². The van der Waals surface area contributed by atoms with E-state index >= 15 is 0 Å². The van der Waals surface area contributed by atoms with E-state index in [-0.39, 0.29) is 0 Å². The molecule has 0 aromatic heterocycles. The van der Waals surface area contributed by atoms with Crippen molar-refractivity contribution in [2.45, 2.75) is 20.8 Å². The summed E-state index contributed by atoms with van der Waals surface area (Å²) < 4.78 is 0. The molecule has 0 saturated heterocycles. The lowest BCUT2D eigenvalue weighted by Gasteiger charge is -2.17. The molecule has 0 saturated carbocycles. The summed E-state index contributed by atoms with van der Waals surface area (Å²) in [6.07, 6.45) is 0. The third-order valence-corrected chi connectivity index (χ3v) is 10.3. The Hall–Kier alpha value is -5.20. The van der Waals surface area contributed by atoms with Gasteiger partial charge in [-0.1, -0.05) is 115 Å². The van der Waals surface area contributed by atoms with Gasteiger partial charge in [-0.15, -0.1) is 0 Å². The normalized spacial score (nSPS) is 12.5. The molecule has 0 aliphatic rings. The number of hydrogen-bond acceptors (Lipinski definition) is 0. The second-order valence-electron chi connectivity index (χ2n) is 12.5. The van der Waals surface area contributed by atoms with Crippen LogP contribution < -0.4 is 0 Å². The second kappa shape index (κ2) is 8.00.